The number of benzene rings is 1. The lowest BCUT2D eigenvalue weighted by Gasteiger charge is -2.39. The van der Waals surface area contributed by atoms with E-state index in [1.807, 2.05) is 41.2 Å². The van der Waals surface area contributed by atoms with Crippen LogP contribution in [0.5, 0.6) is 0 Å². The number of aryl methyl sites for hydroxylation is 1. The minimum atomic E-state index is -0.0503. The molecule has 0 bridgehead atoms. The molecular formula is C23H22ClN7O. The van der Waals surface area contributed by atoms with Gasteiger partial charge >= 0.3 is 0 Å². The molecule has 1 saturated heterocycles. The van der Waals surface area contributed by atoms with Crippen molar-refractivity contribution < 1.29 is 4.79 Å². The van der Waals surface area contributed by atoms with E-state index < -0.39 is 0 Å². The van der Waals surface area contributed by atoms with Gasteiger partial charge in [0, 0.05) is 54.2 Å². The number of anilines is 1. The number of rotatable bonds is 5. The molecule has 4 aromatic rings. The van der Waals surface area contributed by atoms with Crippen molar-refractivity contribution in [3.05, 3.63) is 65.3 Å². The lowest BCUT2D eigenvalue weighted by Crippen LogP contribution is -2.54. The minimum Gasteiger partial charge on any atom is -0.353 e. The number of nitrogens with one attached hydrogen (secondary N) is 1. The molecular weight excluding hydrogens is 426 g/mol. The topological polar surface area (TPSA) is 80.3 Å². The Hall–Kier alpha value is -3.39. The third-order valence-electron chi connectivity index (χ3n) is 6.36. The van der Waals surface area contributed by atoms with E-state index in [2.05, 4.69) is 36.1 Å². The molecule has 0 atom stereocenters. The Morgan fingerprint density at radius 1 is 1.19 bits per heavy atom. The lowest BCUT2D eigenvalue weighted by atomic mass is 9.99. The zero-order valence-corrected chi connectivity index (χ0v) is 18.2. The molecule has 162 valence electrons. The summed E-state index contributed by atoms with van der Waals surface area (Å²) < 4.78 is 3.96. The smallest absolute Gasteiger partial charge is 0.226 e. The molecule has 1 amide bonds. The first-order chi connectivity index (χ1) is 15.7. The maximum atomic E-state index is 12.6. The molecule has 2 aliphatic rings. The lowest BCUT2D eigenvalue weighted by molar-refractivity contribution is -0.125. The number of aromatic nitrogens is 5. The monoisotopic (exact) mass is 447 g/mol. The van der Waals surface area contributed by atoms with Gasteiger partial charge in [0.2, 0.25) is 5.91 Å². The Morgan fingerprint density at radius 3 is 2.88 bits per heavy atom. The number of amides is 1. The van der Waals surface area contributed by atoms with Gasteiger partial charge in [-0.05, 0) is 36.6 Å². The highest BCUT2D eigenvalue weighted by Crippen LogP contribution is 2.33. The van der Waals surface area contributed by atoms with E-state index in [1.165, 1.54) is 11.3 Å². The maximum absolute atomic E-state index is 12.6. The van der Waals surface area contributed by atoms with E-state index in [9.17, 15) is 4.79 Å². The third kappa shape index (κ3) is 3.31. The van der Waals surface area contributed by atoms with Gasteiger partial charge in [-0.25, -0.2) is 9.50 Å². The Bertz CT molecular complexity index is 1300. The van der Waals surface area contributed by atoms with Gasteiger partial charge in [0.25, 0.3) is 0 Å². The Morgan fingerprint density at radius 2 is 2.03 bits per heavy atom. The fourth-order valence-electron chi connectivity index (χ4n) is 4.57. The first-order valence-electron chi connectivity index (χ1n) is 10.8. The van der Waals surface area contributed by atoms with E-state index in [1.54, 1.807) is 6.33 Å². The number of fused-ring (bicyclic) bond motifs is 2. The first-order valence-corrected chi connectivity index (χ1v) is 11.2. The van der Waals surface area contributed by atoms with Crippen molar-refractivity contribution in [2.75, 3.05) is 18.0 Å². The number of carbonyl (C=O) groups is 1. The van der Waals surface area contributed by atoms with Crippen LogP contribution in [0.2, 0.25) is 5.02 Å². The summed E-state index contributed by atoms with van der Waals surface area (Å²) in [4.78, 5) is 19.2. The molecule has 0 spiro atoms. The number of carbonyl (C=O) groups excluding carboxylic acids is 1. The fourth-order valence-corrected chi connectivity index (χ4v) is 4.69. The summed E-state index contributed by atoms with van der Waals surface area (Å²) in [5.41, 5.74) is 5.54. The van der Waals surface area contributed by atoms with Gasteiger partial charge in [-0.2, -0.15) is 10.2 Å². The Labute approximate surface area is 189 Å². The Balaban J connectivity index is 1.15. The molecule has 32 heavy (non-hydrogen) atoms. The first kappa shape index (κ1) is 19.3. The van der Waals surface area contributed by atoms with E-state index in [0.717, 1.165) is 41.8 Å². The number of hydrogen-bond donors (Lipinski definition) is 1. The molecule has 0 unspecified atom stereocenters. The van der Waals surface area contributed by atoms with Crippen LogP contribution in [0.25, 0.3) is 16.6 Å². The highest BCUT2D eigenvalue weighted by Gasteiger charge is 2.34. The molecule has 3 aromatic heterocycles. The quantitative estimate of drug-likeness (QED) is 0.508. The predicted octanol–water partition coefficient (Wildman–Crippen LogP) is 2.95. The van der Waals surface area contributed by atoms with Crippen LogP contribution in [0.15, 0.2) is 49.1 Å². The molecule has 1 N–H and O–H groups in total. The van der Waals surface area contributed by atoms with Gasteiger partial charge in [0.15, 0.2) is 5.82 Å². The molecule has 0 radical (unpaired) electrons. The second kappa shape index (κ2) is 7.63. The standard InChI is InChI=1S/C23H22ClN7O/c24-18-5-3-15(4-6-18)9-25-23(32)17-11-29(12-17)22-21-8-16(13-31(21)28-14-26-22)19-10-27-30-7-1-2-20(19)30/h3-6,8,10,13-14,17H,1-2,7,9,11-12H2,(H,25,32). The van der Waals surface area contributed by atoms with E-state index in [-0.39, 0.29) is 11.8 Å². The van der Waals surface area contributed by atoms with Crippen molar-refractivity contribution >= 4 is 28.8 Å². The summed E-state index contributed by atoms with van der Waals surface area (Å²) in [6.07, 6.45) is 7.75. The molecule has 5 heterocycles. The number of hydrogen-bond acceptors (Lipinski definition) is 5. The molecule has 9 heteroatoms. The second-order valence-corrected chi connectivity index (χ2v) is 8.86. The second-order valence-electron chi connectivity index (χ2n) is 8.42. The van der Waals surface area contributed by atoms with E-state index >= 15 is 0 Å². The van der Waals surface area contributed by atoms with Gasteiger partial charge in [-0.3, -0.25) is 9.48 Å². The van der Waals surface area contributed by atoms with Crippen molar-refractivity contribution in [1.82, 2.24) is 29.7 Å². The minimum absolute atomic E-state index is 0.0503. The molecule has 1 fully saturated rings. The Kier molecular flexibility index (Phi) is 4.61. The number of halogens is 1. The predicted molar refractivity (Wildman–Crippen MR) is 122 cm³/mol. The van der Waals surface area contributed by atoms with Crippen molar-refractivity contribution in [1.29, 1.82) is 0 Å². The molecule has 0 saturated carbocycles. The van der Waals surface area contributed by atoms with Crippen LogP contribution in [0.1, 0.15) is 17.7 Å². The van der Waals surface area contributed by atoms with Crippen LogP contribution in [0.4, 0.5) is 5.82 Å². The highest BCUT2D eigenvalue weighted by molar-refractivity contribution is 6.30. The SMILES string of the molecule is O=C(NCc1ccc(Cl)cc1)C1CN(c2ncnn3cc(-c4cnn5c4CCC5)cc23)C1. The largest absolute Gasteiger partial charge is 0.353 e. The van der Waals surface area contributed by atoms with E-state index in [0.29, 0.717) is 24.7 Å². The van der Waals surface area contributed by atoms with Crippen LogP contribution < -0.4 is 10.2 Å². The summed E-state index contributed by atoms with van der Waals surface area (Å²) in [6.45, 7) is 2.77. The van der Waals surface area contributed by atoms with Gasteiger partial charge in [-0.15, -0.1) is 0 Å². The van der Waals surface area contributed by atoms with Gasteiger partial charge in [-0.1, -0.05) is 23.7 Å². The molecule has 6 rings (SSSR count). The summed E-state index contributed by atoms with van der Waals surface area (Å²) in [7, 11) is 0. The summed E-state index contributed by atoms with van der Waals surface area (Å²) >= 11 is 5.92. The van der Waals surface area contributed by atoms with Crippen molar-refractivity contribution in [2.24, 2.45) is 5.92 Å². The van der Waals surface area contributed by atoms with Crippen LogP contribution in [0.3, 0.4) is 0 Å². The molecule has 2 aliphatic heterocycles. The van der Waals surface area contributed by atoms with Crippen LogP contribution in [-0.4, -0.2) is 43.4 Å². The van der Waals surface area contributed by atoms with E-state index in [4.69, 9.17) is 11.6 Å². The van der Waals surface area contributed by atoms with Crippen LogP contribution in [-0.2, 0) is 24.3 Å². The molecule has 0 aliphatic carbocycles. The van der Waals surface area contributed by atoms with Crippen molar-refractivity contribution in [3.8, 4) is 11.1 Å². The normalized spacial score (nSPS) is 15.7. The summed E-state index contributed by atoms with van der Waals surface area (Å²) in [6, 6.07) is 9.64. The zero-order valence-electron chi connectivity index (χ0n) is 17.4. The van der Waals surface area contributed by atoms with Crippen molar-refractivity contribution in [2.45, 2.75) is 25.9 Å². The maximum Gasteiger partial charge on any atom is 0.226 e. The fraction of sp³-hybridized carbons (Fsp3) is 0.304. The average Bonchev–Trinajstić information content (AvgIpc) is 3.47. The average molecular weight is 448 g/mol. The number of nitrogens with zero attached hydrogens (tertiary/aromatic N) is 6. The third-order valence-corrected chi connectivity index (χ3v) is 6.61. The summed E-state index contributed by atoms with van der Waals surface area (Å²) in [5.74, 6) is 0.871. The van der Waals surface area contributed by atoms with Crippen molar-refractivity contribution in [3.63, 3.8) is 0 Å². The van der Waals surface area contributed by atoms with Gasteiger partial charge in [0.05, 0.1) is 12.1 Å². The molecule has 1 aromatic carbocycles. The van der Waals surface area contributed by atoms with Crippen LogP contribution in [0, 0.1) is 5.92 Å². The zero-order chi connectivity index (χ0) is 21.7. The van der Waals surface area contributed by atoms with Crippen LogP contribution >= 0.6 is 11.6 Å². The highest BCUT2D eigenvalue weighted by atomic mass is 35.5. The van der Waals surface area contributed by atoms with Gasteiger partial charge in [0.1, 0.15) is 11.8 Å². The van der Waals surface area contributed by atoms with Gasteiger partial charge < -0.3 is 10.2 Å². The molecule has 8 nitrogen and oxygen atoms in total. The summed E-state index contributed by atoms with van der Waals surface area (Å²) in [5, 5.41) is 12.6.